The van der Waals surface area contributed by atoms with Gasteiger partial charge in [0.15, 0.2) is 0 Å². The molecule has 21 heavy (non-hydrogen) atoms. The van der Waals surface area contributed by atoms with Crippen LogP contribution in [0, 0.1) is 5.92 Å². The first-order chi connectivity index (χ1) is 9.89. The molecular formula is C14H21NO4S2. The number of hydrogen-bond donors (Lipinski definition) is 1. The van der Waals surface area contributed by atoms with Crippen LogP contribution in [0.5, 0.6) is 0 Å². The summed E-state index contributed by atoms with van der Waals surface area (Å²) in [5.74, 6) is 0.823. The zero-order valence-electron chi connectivity index (χ0n) is 12.5. The summed E-state index contributed by atoms with van der Waals surface area (Å²) in [6.07, 6.45) is 2.13. The minimum atomic E-state index is -3.50. The molecule has 5 nitrogen and oxygen atoms in total. The van der Waals surface area contributed by atoms with Gasteiger partial charge in [0, 0.05) is 6.54 Å². The fourth-order valence-corrected chi connectivity index (χ4v) is 3.56. The van der Waals surface area contributed by atoms with Crippen LogP contribution in [0.25, 0.3) is 0 Å². The van der Waals surface area contributed by atoms with Crippen molar-refractivity contribution in [1.29, 1.82) is 0 Å². The molecule has 0 saturated heterocycles. The Bertz CT molecular complexity index is 555. The predicted octanol–water partition coefficient (Wildman–Crippen LogP) is 1.68. The second-order valence-corrected chi connectivity index (χ2v) is 7.49. The van der Waals surface area contributed by atoms with Crippen molar-refractivity contribution in [1.82, 2.24) is 4.72 Å². The molecule has 0 heterocycles. The van der Waals surface area contributed by atoms with E-state index < -0.39 is 10.0 Å². The molecule has 1 N–H and O–H groups in total. The minimum absolute atomic E-state index is 0.134. The lowest BCUT2D eigenvalue weighted by molar-refractivity contribution is -0.139. The fourth-order valence-electron chi connectivity index (χ4n) is 1.70. The van der Waals surface area contributed by atoms with Gasteiger partial charge in [-0.25, -0.2) is 13.1 Å². The summed E-state index contributed by atoms with van der Waals surface area (Å²) >= 11 is 1.69. The third kappa shape index (κ3) is 6.07. The van der Waals surface area contributed by atoms with E-state index in [1.807, 2.05) is 13.2 Å². The molecule has 0 fully saturated rings. The summed E-state index contributed by atoms with van der Waals surface area (Å²) < 4.78 is 31.4. The Balaban J connectivity index is 2.69. The van der Waals surface area contributed by atoms with E-state index in [2.05, 4.69) is 9.46 Å². The number of hydrogen-bond acceptors (Lipinski definition) is 5. The molecule has 0 aromatic heterocycles. The first kappa shape index (κ1) is 18.0. The summed E-state index contributed by atoms with van der Waals surface area (Å²) in [5, 5.41) is 0. The topological polar surface area (TPSA) is 72.5 Å². The van der Waals surface area contributed by atoms with Crippen LogP contribution >= 0.6 is 11.8 Å². The van der Waals surface area contributed by atoms with Crippen LogP contribution in [-0.4, -0.2) is 40.1 Å². The Labute approximate surface area is 130 Å². The van der Waals surface area contributed by atoms with Crippen molar-refractivity contribution in [3.63, 3.8) is 0 Å². The van der Waals surface area contributed by atoms with Crippen LogP contribution in [0.1, 0.15) is 12.5 Å². The fraction of sp³-hybridized carbons (Fsp3) is 0.500. The Morgan fingerprint density at radius 2 is 1.95 bits per heavy atom. The van der Waals surface area contributed by atoms with Crippen molar-refractivity contribution in [2.75, 3.05) is 25.7 Å². The molecule has 1 aromatic rings. The number of carbonyl (C=O) groups excluding carboxylic acids is 1. The highest BCUT2D eigenvalue weighted by molar-refractivity contribution is 7.98. The Morgan fingerprint density at radius 3 is 2.48 bits per heavy atom. The molecule has 0 spiro atoms. The molecule has 0 aliphatic carbocycles. The maximum Gasteiger partial charge on any atom is 0.309 e. The maximum atomic E-state index is 12.1. The molecular weight excluding hydrogens is 310 g/mol. The Hall–Kier alpha value is -1.05. The van der Waals surface area contributed by atoms with Crippen molar-refractivity contribution >= 4 is 27.8 Å². The summed E-state index contributed by atoms with van der Waals surface area (Å²) in [6, 6.07) is 6.24. The smallest absolute Gasteiger partial charge is 0.309 e. The molecule has 0 amide bonds. The van der Waals surface area contributed by atoms with Crippen molar-refractivity contribution in [3.8, 4) is 0 Å². The van der Waals surface area contributed by atoms with Gasteiger partial charge in [0.25, 0.3) is 0 Å². The van der Waals surface area contributed by atoms with Gasteiger partial charge in [-0.3, -0.25) is 4.79 Å². The van der Waals surface area contributed by atoms with Crippen LogP contribution in [0.4, 0.5) is 0 Å². The van der Waals surface area contributed by atoms with Crippen molar-refractivity contribution < 1.29 is 17.9 Å². The van der Waals surface area contributed by atoms with Gasteiger partial charge in [-0.2, -0.15) is 11.8 Å². The summed E-state index contributed by atoms with van der Waals surface area (Å²) in [6.45, 7) is 2.41. The largest absolute Gasteiger partial charge is 0.469 e. The highest BCUT2D eigenvalue weighted by Crippen LogP contribution is 2.12. The molecule has 1 unspecified atom stereocenters. The molecule has 0 saturated carbocycles. The predicted molar refractivity (Wildman–Crippen MR) is 84.9 cm³/mol. The first-order valence-electron chi connectivity index (χ1n) is 6.53. The van der Waals surface area contributed by atoms with Gasteiger partial charge in [0.2, 0.25) is 10.0 Å². The lowest BCUT2D eigenvalue weighted by Crippen LogP contribution is -2.29. The van der Waals surface area contributed by atoms with Crippen molar-refractivity contribution in [2.24, 2.45) is 5.92 Å². The second kappa shape index (κ2) is 8.41. The standard InChI is InChI=1S/C14H21NO4S2/c1-11(10-20-3)9-15-21(17,18)13-6-4-12(5-7-13)8-14(16)19-2/h4-7,11,15H,8-10H2,1-3H3. The number of carbonyl (C=O) groups is 1. The molecule has 0 aliphatic heterocycles. The number of rotatable bonds is 8. The second-order valence-electron chi connectivity index (χ2n) is 4.81. The number of sulfonamides is 1. The van der Waals surface area contributed by atoms with Crippen LogP contribution < -0.4 is 4.72 Å². The lowest BCUT2D eigenvalue weighted by atomic mass is 10.2. The molecule has 0 radical (unpaired) electrons. The SMILES string of the molecule is COC(=O)Cc1ccc(S(=O)(=O)NCC(C)CSC)cc1. The molecule has 1 aromatic carbocycles. The van der Waals surface area contributed by atoms with Gasteiger partial charge in [-0.05, 0) is 35.6 Å². The van der Waals surface area contributed by atoms with E-state index in [1.54, 1.807) is 23.9 Å². The van der Waals surface area contributed by atoms with E-state index in [0.717, 1.165) is 11.3 Å². The van der Waals surface area contributed by atoms with Crippen LogP contribution in [0.2, 0.25) is 0 Å². The van der Waals surface area contributed by atoms with E-state index in [1.165, 1.54) is 19.2 Å². The van der Waals surface area contributed by atoms with Gasteiger partial charge in [-0.1, -0.05) is 19.1 Å². The van der Waals surface area contributed by atoms with Crippen LogP contribution in [0.15, 0.2) is 29.2 Å². The van der Waals surface area contributed by atoms with Gasteiger partial charge in [0.1, 0.15) is 0 Å². The molecule has 7 heteroatoms. The van der Waals surface area contributed by atoms with Crippen LogP contribution in [0.3, 0.4) is 0 Å². The average Bonchev–Trinajstić information content (AvgIpc) is 2.46. The zero-order valence-corrected chi connectivity index (χ0v) is 14.1. The van der Waals surface area contributed by atoms with Crippen molar-refractivity contribution in [3.05, 3.63) is 29.8 Å². The van der Waals surface area contributed by atoms with Gasteiger partial charge < -0.3 is 4.74 Å². The number of methoxy groups -OCH3 is 1. The molecule has 118 valence electrons. The number of thioether (sulfide) groups is 1. The highest BCUT2D eigenvalue weighted by Gasteiger charge is 2.15. The third-order valence-corrected chi connectivity index (χ3v) is 5.22. The van der Waals surface area contributed by atoms with E-state index in [0.29, 0.717) is 6.54 Å². The third-order valence-electron chi connectivity index (χ3n) is 2.88. The molecule has 1 atom stereocenters. The monoisotopic (exact) mass is 331 g/mol. The number of ether oxygens (including phenoxy) is 1. The van der Waals surface area contributed by atoms with E-state index in [-0.39, 0.29) is 23.2 Å². The quantitative estimate of drug-likeness (QED) is 0.734. The Morgan fingerprint density at radius 1 is 1.33 bits per heavy atom. The Kier molecular flexibility index (Phi) is 7.21. The molecule has 0 bridgehead atoms. The highest BCUT2D eigenvalue weighted by atomic mass is 32.2. The van der Waals surface area contributed by atoms with Crippen LogP contribution in [-0.2, 0) is 26.0 Å². The van der Waals surface area contributed by atoms with E-state index in [4.69, 9.17) is 0 Å². The normalized spacial score (nSPS) is 12.9. The van der Waals surface area contributed by atoms with Crippen molar-refractivity contribution in [2.45, 2.75) is 18.2 Å². The maximum absolute atomic E-state index is 12.1. The van der Waals surface area contributed by atoms with Gasteiger partial charge in [0.05, 0.1) is 18.4 Å². The summed E-state index contributed by atoms with van der Waals surface area (Å²) in [5.41, 5.74) is 0.719. The minimum Gasteiger partial charge on any atom is -0.469 e. The molecule has 0 aliphatic rings. The number of esters is 1. The van der Waals surface area contributed by atoms with Gasteiger partial charge in [-0.15, -0.1) is 0 Å². The zero-order chi connectivity index (χ0) is 15.9. The lowest BCUT2D eigenvalue weighted by Gasteiger charge is -2.12. The number of nitrogens with one attached hydrogen (secondary N) is 1. The van der Waals surface area contributed by atoms with Gasteiger partial charge >= 0.3 is 5.97 Å². The number of benzene rings is 1. The summed E-state index contributed by atoms with van der Waals surface area (Å²) in [7, 11) is -2.18. The van der Waals surface area contributed by atoms with E-state index >= 15 is 0 Å². The van der Waals surface area contributed by atoms with E-state index in [9.17, 15) is 13.2 Å². The first-order valence-corrected chi connectivity index (χ1v) is 9.41. The molecule has 1 rings (SSSR count). The average molecular weight is 331 g/mol. The summed E-state index contributed by atoms with van der Waals surface area (Å²) in [4.78, 5) is 11.3.